The van der Waals surface area contributed by atoms with Crippen LogP contribution in [0.15, 0.2) is 0 Å². The normalized spacial score (nSPS) is 49.7. The van der Waals surface area contributed by atoms with Gasteiger partial charge in [-0.2, -0.15) is 0 Å². The largest absolute Gasteiger partial charge is 0.352 e. The zero-order valence-corrected chi connectivity index (χ0v) is 5.67. The summed E-state index contributed by atoms with van der Waals surface area (Å²) in [6.07, 6.45) is 2.99. The van der Waals surface area contributed by atoms with Crippen LogP contribution in [0.25, 0.3) is 0 Å². The maximum Gasteiger partial charge on any atom is 0.160 e. The molecular formula is C7H12O2. The predicted octanol–water partition coefficient (Wildman–Crippen LogP) is 1.16. The molecule has 2 aliphatic heterocycles. The molecule has 52 valence electrons. The van der Waals surface area contributed by atoms with Crippen LogP contribution in [0.2, 0.25) is 0 Å². The smallest absolute Gasteiger partial charge is 0.160 e. The summed E-state index contributed by atoms with van der Waals surface area (Å²) in [4.78, 5) is 0. The van der Waals surface area contributed by atoms with Gasteiger partial charge in [0.1, 0.15) is 0 Å². The van der Waals surface area contributed by atoms with Gasteiger partial charge < -0.3 is 9.47 Å². The van der Waals surface area contributed by atoms with Crippen LogP contribution in [0.1, 0.15) is 19.8 Å². The van der Waals surface area contributed by atoms with Gasteiger partial charge >= 0.3 is 0 Å². The molecule has 3 atom stereocenters. The van der Waals surface area contributed by atoms with E-state index in [1.54, 1.807) is 0 Å². The van der Waals surface area contributed by atoms with Crippen LogP contribution in [0.4, 0.5) is 0 Å². The van der Waals surface area contributed by atoms with E-state index in [-0.39, 0.29) is 6.29 Å². The summed E-state index contributed by atoms with van der Waals surface area (Å²) in [5.74, 6) is 0.708. The highest BCUT2D eigenvalue weighted by Crippen LogP contribution is 2.34. The molecule has 2 aliphatic rings. The van der Waals surface area contributed by atoms with E-state index in [1.807, 2.05) is 0 Å². The molecule has 2 rings (SSSR count). The quantitative estimate of drug-likeness (QED) is 0.487. The third-order valence-corrected chi connectivity index (χ3v) is 2.16. The monoisotopic (exact) mass is 128 g/mol. The van der Waals surface area contributed by atoms with Gasteiger partial charge in [0.25, 0.3) is 0 Å². The van der Waals surface area contributed by atoms with E-state index in [0.717, 1.165) is 6.61 Å². The lowest BCUT2D eigenvalue weighted by molar-refractivity contribution is -0.112. The highest BCUT2D eigenvalue weighted by atomic mass is 16.7. The summed E-state index contributed by atoms with van der Waals surface area (Å²) in [5, 5.41) is 0. The first-order valence-electron chi connectivity index (χ1n) is 3.63. The van der Waals surface area contributed by atoms with Crippen LogP contribution in [0.5, 0.6) is 0 Å². The van der Waals surface area contributed by atoms with Crippen LogP contribution in [-0.2, 0) is 9.47 Å². The number of hydrogen-bond donors (Lipinski definition) is 0. The molecule has 2 fully saturated rings. The van der Waals surface area contributed by atoms with E-state index in [1.165, 1.54) is 12.8 Å². The van der Waals surface area contributed by atoms with Gasteiger partial charge in [0.05, 0.1) is 12.7 Å². The lowest BCUT2D eigenvalue weighted by Gasteiger charge is -2.06. The first kappa shape index (κ1) is 5.69. The molecule has 0 bridgehead atoms. The van der Waals surface area contributed by atoms with E-state index in [2.05, 4.69) is 6.92 Å². The second-order valence-electron chi connectivity index (χ2n) is 2.97. The average molecular weight is 128 g/mol. The zero-order valence-electron chi connectivity index (χ0n) is 5.67. The Balaban J connectivity index is 2.02. The molecule has 9 heavy (non-hydrogen) atoms. The molecule has 0 N–H and O–H groups in total. The first-order chi connectivity index (χ1) is 4.36. The van der Waals surface area contributed by atoms with E-state index < -0.39 is 0 Å². The molecule has 2 heteroatoms. The van der Waals surface area contributed by atoms with Gasteiger partial charge in [-0.15, -0.1) is 0 Å². The van der Waals surface area contributed by atoms with Crippen molar-refractivity contribution >= 4 is 0 Å². The average Bonchev–Trinajstić information content (AvgIpc) is 2.22. The van der Waals surface area contributed by atoms with Gasteiger partial charge in [0.2, 0.25) is 0 Å². The minimum absolute atomic E-state index is 0.153. The van der Waals surface area contributed by atoms with E-state index in [0.29, 0.717) is 12.0 Å². The Morgan fingerprint density at radius 3 is 3.11 bits per heavy atom. The van der Waals surface area contributed by atoms with Crippen molar-refractivity contribution in [3.63, 3.8) is 0 Å². The summed E-state index contributed by atoms with van der Waals surface area (Å²) in [7, 11) is 0. The molecule has 0 aromatic carbocycles. The van der Waals surface area contributed by atoms with Crippen LogP contribution in [0, 0.1) is 5.92 Å². The molecule has 0 radical (unpaired) electrons. The van der Waals surface area contributed by atoms with Crippen molar-refractivity contribution in [2.75, 3.05) is 6.61 Å². The molecule has 2 heterocycles. The molecule has 2 saturated heterocycles. The Labute approximate surface area is 55.1 Å². The second kappa shape index (κ2) is 1.96. The van der Waals surface area contributed by atoms with E-state index in [4.69, 9.17) is 9.47 Å². The Morgan fingerprint density at radius 1 is 1.44 bits per heavy atom. The molecular weight excluding hydrogens is 116 g/mol. The van der Waals surface area contributed by atoms with Gasteiger partial charge in [-0.1, -0.05) is 0 Å². The SMILES string of the molecule is C[C@H]1CC2CCOC2O1. The Morgan fingerprint density at radius 2 is 2.33 bits per heavy atom. The first-order valence-corrected chi connectivity index (χ1v) is 3.63. The third-order valence-electron chi connectivity index (χ3n) is 2.16. The molecule has 0 spiro atoms. The molecule has 0 aromatic rings. The fourth-order valence-corrected chi connectivity index (χ4v) is 1.70. The van der Waals surface area contributed by atoms with Crippen molar-refractivity contribution in [2.24, 2.45) is 5.92 Å². The predicted molar refractivity (Wildman–Crippen MR) is 33.0 cm³/mol. The fraction of sp³-hybridized carbons (Fsp3) is 1.00. The standard InChI is InChI=1S/C7H12O2/c1-5-4-6-2-3-8-7(6)9-5/h5-7H,2-4H2,1H3/t5-,6?,7?/m0/s1. The van der Waals surface area contributed by atoms with Crippen LogP contribution in [0.3, 0.4) is 0 Å². The van der Waals surface area contributed by atoms with Crippen LogP contribution < -0.4 is 0 Å². The Hall–Kier alpha value is -0.0800. The maximum absolute atomic E-state index is 5.46. The molecule has 2 unspecified atom stereocenters. The lowest BCUT2D eigenvalue weighted by Crippen LogP contribution is -2.10. The van der Waals surface area contributed by atoms with Crippen molar-refractivity contribution in [3.8, 4) is 0 Å². The van der Waals surface area contributed by atoms with E-state index >= 15 is 0 Å². The minimum atomic E-state index is 0.153. The van der Waals surface area contributed by atoms with Crippen molar-refractivity contribution in [2.45, 2.75) is 32.2 Å². The van der Waals surface area contributed by atoms with Gasteiger partial charge in [0.15, 0.2) is 6.29 Å². The summed E-state index contributed by atoms with van der Waals surface area (Å²) in [5.41, 5.74) is 0. The molecule has 0 aromatic heterocycles. The fourth-order valence-electron chi connectivity index (χ4n) is 1.70. The van der Waals surface area contributed by atoms with Gasteiger partial charge in [-0.3, -0.25) is 0 Å². The maximum atomic E-state index is 5.46. The topological polar surface area (TPSA) is 18.5 Å². The molecule has 0 saturated carbocycles. The van der Waals surface area contributed by atoms with Gasteiger partial charge in [0, 0.05) is 5.92 Å². The number of hydrogen-bond acceptors (Lipinski definition) is 2. The lowest BCUT2D eigenvalue weighted by atomic mass is 10.0. The van der Waals surface area contributed by atoms with Crippen molar-refractivity contribution < 1.29 is 9.47 Å². The highest BCUT2D eigenvalue weighted by molar-refractivity contribution is 4.78. The van der Waals surface area contributed by atoms with Crippen molar-refractivity contribution in [1.29, 1.82) is 0 Å². The molecule has 0 aliphatic carbocycles. The number of ether oxygens (including phenoxy) is 2. The second-order valence-corrected chi connectivity index (χ2v) is 2.97. The van der Waals surface area contributed by atoms with E-state index in [9.17, 15) is 0 Å². The van der Waals surface area contributed by atoms with Gasteiger partial charge in [-0.05, 0) is 19.8 Å². The minimum Gasteiger partial charge on any atom is -0.352 e. The Bertz CT molecular complexity index is 101. The summed E-state index contributed by atoms with van der Waals surface area (Å²) >= 11 is 0. The number of rotatable bonds is 0. The number of fused-ring (bicyclic) bond motifs is 1. The summed E-state index contributed by atoms with van der Waals surface area (Å²) < 4.78 is 10.8. The summed E-state index contributed by atoms with van der Waals surface area (Å²) in [6.45, 7) is 3.02. The van der Waals surface area contributed by atoms with Crippen LogP contribution >= 0.6 is 0 Å². The highest BCUT2D eigenvalue weighted by Gasteiger charge is 2.37. The van der Waals surface area contributed by atoms with Gasteiger partial charge in [-0.25, -0.2) is 0 Å². The molecule has 0 amide bonds. The zero-order chi connectivity index (χ0) is 6.27. The van der Waals surface area contributed by atoms with Crippen molar-refractivity contribution in [1.82, 2.24) is 0 Å². The van der Waals surface area contributed by atoms with Crippen molar-refractivity contribution in [3.05, 3.63) is 0 Å². The summed E-state index contributed by atoms with van der Waals surface area (Å²) in [6, 6.07) is 0. The molecule has 2 nitrogen and oxygen atoms in total. The Kier molecular flexibility index (Phi) is 1.24. The van der Waals surface area contributed by atoms with Crippen LogP contribution in [-0.4, -0.2) is 19.0 Å². The third kappa shape index (κ3) is 0.864.